The van der Waals surface area contributed by atoms with Crippen molar-refractivity contribution < 1.29 is 4.79 Å². The number of carbonyl (C=O) groups is 1. The monoisotopic (exact) mass is 211 g/mol. The van der Waals surface area contributed by atoms with Gasteiger partial charge in [-0.2, -0.15) is 0 Å². The topological polar surface area (TPSA) is 47.2 Å². The van der Waals surface area contributed by atoms with Crippen molar-refractivity contribution in [3.05, 3.63) is 22.9 Å². The molecule has 1 aromatic rings. The number of likely N-dealkylation sites (N-methyl/N-ethyl adjacent to an activating group) is 1. The Morgan fingerprint density at radius 1 is 1.40 bits per heavy atom. The Hall–Kier alpha value is -1.52. The number of nitrogens with zero attached hydrogens (tertiary/aromatic N) is 3. The molecule has 0 saturated carbocycles. The van der Waals surface area contributed by atoms with E-state index in [1.54, 1.807) is 31.1 Å². The fourth-order valence-electron chi connectivity index (χ4n) is 1.23. The zero-order valence-corrected chi connectivity index (χ0v) is 9.60. The Morgan fingerprint density at radius 3 is 2.40 bits per heavy atom. The molecule has 0 aliphatic rings. The van der Waals surface area contributed by atoms with Crippen LogP contribution in [-0.4, -0.2) is 34.0 Å². The van der Waals surface area contributed by atoms with E-state index >= 15 is 0 Å². The Labute approximate surface area is 88.9 Å². The molecule has 1 rings (SSSR count). The van der Waals surface area contributed by atoms with Crippen molar-refractivity contribution in [1.82, 2.24) is 14.0 Å². The highest BCUT2D eigenvalue weighted by atomic mass is 16.2. The van der Waals surface area contributed by atoms with Crippen LogP contribution < -0.4 is 5.69 Å². The molecule has 0 aliphatic carbocycles. The Bertz CT molecular complexity index is 401. The molecule has 5 nitrogen and oxygen atoms in total. The van der Waals surface area contributed by atoms with Crippen LogP contribution in [0.2, 0.25) is 0 Å². The predicted octanol–water partition coefficient (Wildman–Crippen LogP) is 0.319. The summed E-state index contributed by atoms with van der Waals surface area (Å²) < 4.78 is 3.02. The average Bonchev–Trinajstić information content (AvgIpc) is 2.48. The quantitative estimate of drug-likeness (QED) is 0.723. The molecule has 0 bridgehead atoms. The molecule has 1 amide bonds. The number of aromatic nitrogens is 2. The summed E-state index contributed by atoms with van der Waals surface area (Å²) in [7, 11) is 3.35. The second kappa shape index (κ2) is 4.33. The van der Waals surface area contributed by atoms with Gasteiger partial charge in [0, 0.05) is 32.5 Å². The molecule has 5 heteroatoms. The Balaban J connectivity index is 2.89. The van der Waals surface area contributed by atoms with E-state index in [-0.39, 0.29) is 24.2 Å². The molecule has 84 valence electrons. The molecule has 0 unspecified atom stereocenters. The van der Waals surface area contributed by atoms with Gasteiger partial charge in [-0.25, -0.2) is 4.79 Å². The van der Waals surface area contributed by atoms with Gasteiger partial charge < -0.3 is 4.90 Å². The zero-order valence-electron chi connectivity index (χ0n) is 9.60. The summed E-state index contributed by atoms with van der Waals surface area (Å²) >= 11 is 0. The SMILES string of the molecule is CC(C)n1ccn(CC(=O)N(C)C)c1=O. The van der Waals surface area contributed by atoms with Crippen molar-refractivity contribution in [2.75, 3.05) is 14.1 Å². The van der Waals surface area contributed by atoms with Crippen molar-refractivity contribution in [3.63, 3.8) is 0 Å². The molecule has 0 aliphatic heterocycles. The van der Waals surface area contributed by atoms with E-state index in [1.807, 2.05) is 13.8 Å². The van der Waals surface area contributed by atoms with Crippen LogP contribution in [-0.2, 0) is 11.3 Å². The van der Waals surface area contributed by atoms with E-state index in [1.165, 1.54) is 9.47 Å². The molecule has 0 radical (unpaired) electrons. The first-order valence-electron chi connectivity index (χ1n) is 4.91. The highest BCUT2D eigenvalue weighted by Gasteiger charge is 2.10. The maximum absolute atomic E-state index is 11.7. The molecule has 0 fully saturated rings. The summed E-state index contributed by atoms with van der Waals surface area (Å²) in [5.41, 5.74) is -0.139. The third kappa shape index (κ3) is 2.49. The largest absolute Gasteiger partial charge is 0.347 e. The summed E-state index contributed by atoms with van der Waals surface area (Å²) in [5.74, 6) is -0.0846. The molecule has 0 saturated heterocycles. The number of imidazole rings is 1. The summed E-state index contributed by atoms with van der Waals surface area (Å²) in [6.45, 7) is 3.96. The number of hydrogen-bond acceptors (Lipinski definition) is 2. The molecule has 0 spiro atoms. The molecule has 1 heterocycles. The van der Waals surface area contributed by atoms with Crippen molar-refractivity contribution in [3.8, 4) is 0 Å². The summed E-state index contributed by atoms with van der Waals surface area (Å²) in [5, 5.41) is 0. The minimum Gasteiger partial charge on any atom is -0.347 e. The maximum Gasteiger partial charge on any atom is 0.328 e. The minimum absolute atomic E-state index is 0.0846. The van der Waals surface area contributed by atoms with Crippen LogP contribution in [0, 0.1) is 0 Å². The third-order valence-electron chi connectivity index (χ3n) is 2.23. The van der Waals surface area contributed by atoms with Crippen LogP contribution in [0.4, 0.5) is 0 Å². The van der Waals surface area contributed by atoms with Gasteiger partial charge in [-0.1, -0.05) is 0 Å². The lowest BCUT2D eigenvalue weighted by atomic mass is 10.4. The number of amides is 1. The van der Waals surface area contributed by atoms with Crippen molar-refractivity contribution in [2.45, 2.75) is 26.4 Å². The predicted molar refractivity (Wildman–Crippen MR) is 57.8 cm³/mol. The fraction of sp³-hybridized carbons (Fsp3) is 0.600. The zero-order chi connectivity index (χ0) is 11.6. The highest BCUT2D eigenvalue weighted by Crippen LogP contribution is 1.99. The lowest BCUT2D eigenvalue weighted by Crippen LogP contribution is -2.32. The molecule has 0 N–H and O–H groups in total. The first-order valence-corrected chi connectivity index (χ1v) is 4.91. The molecular formula is C10H17N3O2. The molecule has 0 atom stereocenters. The van der Waals surface area contributed by atoms with Gasteiger partial charge in [-0.3, -0.25) is 13.9 Å². The Morgan fingerprint density at radius 2 is 2.00 bits per heavy atom. The lowest BCUT2D eigenvalue weighted by Gasteiger charge is -2.10. The van der Waals surface area contributed by atoms with Crippen LogP contribution in [0.5, 0.6) is 0 Å². The molecule has 0 aromatic carbocycles. The normalized spacial score (nSPS) is 10.7. The van der Waals surface area contributed by atoms with Crippen LogP contribution in [0.1, 0.15) is 19.9 Å². The standard InChI is InChI=1S/C10H17N3O2/c1-8(2)13-6-5-12(10(13)15)7-9(14)11(3)4/h5-6,8H,7H2,1-4H3. The summed E-state index contributed by atoms with van der Waals surface area (Å²) in [6.07, 6.45) is 3.35. The minimum atomic E-state index is -0.139. The lowest BCUT2D eigenvalue weighted by molar-refractivity contribution is -0.129. The van der Waals surface area contributed by atoms with Crippen molar-refractivity contribution in [1.29, 1.82) is 0 Å². The smallest absolute Gasteiger partial charge is 0.328 e. The van der Waals surface area contributed by atoms with Crippen LogP contribution >= 0.6 is 0 Å². The molecule has 1 aromatic heterocycles. The molecule has 15 heavy (non-hydrogen) atoms. The van der Waals surface area contributed by atoms with Crippen LogP contribution in [0.25, 0.3) is 0 Å². The number of carbonyl (C=O) groups excluding carboxylic acids is 1. The highest BCUT2D eigenvalue weighted by molar-refractivity contribution is 5.75. The van der Waals surface area contributed by atoms with E-state index in [9.17, 15) is 9.59 Å². The second-order valence-electron chi connectivity index (χ2n) is 4.00. The average molecular weight is 211 g/mol. The van der Waals surface area contributed by atoms with Crippen molar-refractivity contribution in [2.24, 2.45) is 0 Å². The van der Waals surface area contributed by atoms with Gasteiger partial charge in [0.15, 0.2) is 0 Å². The van der Waals surface area contributed by atoms with E-state index in [0.717, 1.165) is 0 Å². The van der Waals surface area contributed by atoms with Crippen LogP contribution in [0.3, 0.4) is 0 Å². The second-order valence-corrected chi connectivity index (χ2v) is 4.00. The number of rotatable bonds is 3. The van der Waals surface area contributed by atoms with Gasteiger partial charge in [-0.15, -0.1) is 0 Å². The van der Waals surface area contributed by atoms with Gasteiger partial charge in [0.2, 0.25) is 5.91 Å². The van der Waals surface area contributed by atoms with Crippen molar-refractivity contribution >= 4 is 5.91 Å². The van der Waals surface area contributed by atoms with E-state index < -0.39 is 0 Å². The van der Waals surface area contributed by atoms with Crippen LogP contribution in [0.15, 0.2) is 17.2 Å². The van der Waals surface area contributed by atoms with Gasteiger partial charge in [0.1, 0.15) is 6.54 Å². The third-order valence-corrected chi connectivity index (χ3v) is 2.23. The van der Waals surface area contributed by atoms with Gasteiger partial charge in [0.25, 0.3) is 0 Å². The van der Waals surface area contributed by atoms with Gasteiger partial charge in [-0.05, 0) is 13.8 Å². The summed E-state index contributed by atoms with van der Waals surface area (Å²) in [4.78, 5) is 24.6. The maximum atomic E-state index is 11.7. The van der Waals surface area contributed by atoms with E-state index in [4.69, 9.17) is 0 Å². The fourth-order valence-corrected chi connectivity index (χ4v) is 1.23. The number of hydrogen-bond donors (Lipinski definition) is 0. The Kier molecular flexibility index (Phi) is 3.34. The van der Waals surface area contributed by atoms with E-state index in [0.29, 0.717) is 0 Å². The van der Waals surface area contributed by atoms with Gasteiger partial charge in [0.05, 0.1) is 0 Å². The first-order chi connectivity index (χ1) is 6.93. The van der Waals surface area contributed by atoms with E-state index in [2.05, 4.69) is 0 Å². The first kappa shape index (κ1) is 11.6. The van der Waals surface area contributed by atoms with Gasteiger partial charge >= 0.3 is 5.69 Å². The summed E-state index contributed by atoms with van der Waals surface area (Å²) in [6, 6.07) is 0.119. The molecular weight excluding hydrogens is 194 g/mol.